The van der Waals surface area contributed by atoms with Crippen molar-refractivity contribution in [2.75, 3.05) is 18.8 Å². The molecule has 1 aliphatic heterocycles. The number of hydrogen-bond donors (Lipinski definition) is 0. The van der Waals surface area contributed by atoms with Gasteiger partial charge in [0.1, 0.15) is 0 Å². The van der Waals surface area contributed by atoms with Gasteiger partial charge in [-0.2, -0.15) is 11.8 Å². The Morgan fingerprint density at radius 1 is 1.12 bits per heavy atom. The molecule has 0 spiro atoms. The Bertz CT molecular complexity index is 676. The summed E-state index contributed by atoms with van der Waals surface area (Å²) in [5, 5.41) is 1.23. The predicted molar refractivity (Wildman–Crippen MR) is 103 cm³/mol. The number of aryl methyl sites for hydroxylation is 1. The van der Waals surface area contributed by atoms with Gasteiger partial charge in [-0.05, 0) is 36.1 Å². The van der Waals surface area contributed by atoms with Gasteiger partial charge in [0.25, 0.3) is 0 Å². The van der Waals surface area contributed by atoms with E-state index < -0.39 is 0 Å². The third-order valence-corrected chi connectivity index (χ3v) is 5.95. The second kappa shape index (κ2) is 8.59. The van der Waals surface area contributed by atoms with Crippen molar-refractivity contribution in [3.8, 4) is 0 Å². The molecular formula is C20H22ClNOS. The van der Waals surface area contributed by atoms with Crippen LogP contribution in [0, 0.1) is 0 Å². The van der Waals surface area contributed by atoms with E-state index in [2.05, 4.69) is 30.3 Å². The predicted octanol–water partition coefficient (Wildman–Crippen LogP) is 4.98. The third kappa shape index (κ3) is 4.78. The summed E-state index contributed by atoms with van der Waals surface area (Å²) < 4.78 is 0. The van der Waals surface area contributed by atoms with Gasteiger partial charge in [-0.1, -0.05) is 54.1 Å². The van der Waals surface area contributed by atoms with E-state index in [4.69, 9.17) is 11.6 Å². The number of halogens is 1. The summed E-state index contributed by atoms with van der Waals surface area (Å²) in [5.41, 5.74) is 2.50. The first-order chi connectivity index (χ1) is 11.7. The third-order valence-electron chi connectivity index (χ3n) is 4.38. The maximum Gasteiger partial charge on any atom is 0.222 e. The lowest BCUT2D eigenvalue weighted by molar-refractivity contribution is -0.130. The zero-order valence-electron chi connectivity index (χ0n) is 13.7. The van der Waals surface area contributed by atoms with E-state index in [1.807, 2.05) is 40.9 Å². The summed E-state index contributed by atoms with van der Waals surface area (Å²) in [6.07, 6.45) is 2.34. The first-order valence-electron chi connectivity index (χ1n) is 8.41. The molecule has 24 heavy (non-hydrogen) atoms. The van der Waals surface area contributed by atoms with E-state index in [0.717, 1.165) is 42.3 Å². The second-order valence-electron chi connectivity index (χ2n) is 6.07. The maximum absolute atomic E-state index is 12.5. The van der Waals surface area contributed by atoms with Crippen LogP contribution in [0.25, 0.3) is 0 Å². The minimum Gasteiger partial charge on any atom is -0.342 e. The van der Waals surface area contributed by atoms with Crippen LogP contribution >= 0.6 is 23.4 Å². The highest BCUT2D eigenvalue weighted by atomic mass is 35.5. The van der Waals surface area contributed by atoms with E-state index in [0.29, 0.717) is 11.7 Å². The summed E-state index contributed by atoms with van der Waals surface area (Å²) in [4.78, 5) is 14.6. The molecule has 1 saturated heterocycles. The molecule has 2 aromatic rings. The number of carbonyl (C=O) groups excluding carboxylic acids is 1. The number of hydrogen-bond acceptors (Lipinski definition) is 2. The number of rotatable bonds is 4. The van der Waals surface area contributed by atoms with Crippen LogP contribution in [-0.2, 0) is 11.2 Å². The number of nitrogens with zero attached hydrogens (tertiary/aromatic N) is 1. The summed E-state index contributed by atoms with van der Waals surface area (Å²) in [5.74, 6) is 1.26. The zero-order chi connectivity index (χ0) is 16.8. The van der Waals surface area contributed by atoms with Crippen molar-refractivity contribution in [3.05, 3.63) is 70.7 Å². The van der Waals surface area contributed by atoms with Crippen molar-refractivity contribution in [2.45, 2.75) is 24.5 Å². The molecule has 2 aromatic carbocycles. The van der Waals surface area contributed by atoms with E-state index in [1.54, 1.807) is 0 Å². The molecule has 1 atom stereocenters. The van der Waals surface area contributed by atoms with Gasteiger partial charge in [0, 0.05) is 35.5 Å². The second-order valence-corrected chi connectivity index (χ2v) is 7.82. The zero-order valence-corrected chi connectivity index (χ0v) is 15.2. The van der Waals surface area contributed by atoms with E-state index in [1.165, 1.54) is 5.56 Å². The minimum atomic E-state index is 0.254. The van der Waals surface area contributed by atoms with Crippen molar-refractivity contribution in [1.82, 2.24) is 4.90 Å². The van der Waals surface area contributed by atoms with Crippen molar-refractivity contribution in [1.29, 1.82) is 0 Å². The largest absolute Gasteiger partial charge is 0.342 e. The standard InChI is InChI=1S/C20H22ClNOS/c21-18-8-4-5-16(15-18)9-10-20(23)22-12-11-19(24-14-13-22)17-6-2-1-3-7-17/h1-8,15,19H,9-14H2. The molecule has 0 aliphatic carbocycles. The van der Waals surface area contributed by atoms with Crippen molar-refractivity contribution >= 4 is 29.3 Å². The lowest BCUT2D eigenvalue weighted by atomic mass is 10.1. The first-order valence-corrected chi connectivity index (χ1v) is 9.84. The van der Waals surface area contributed by atoms with Gasteiger partial charge >= 0.3 is 0 Å². The Labute approximate surface area is 153 Å². The van der Waals surface area contributed by atoms with Crippen molar-refractivity contribution < 1.29 is 4.79 Å². The summed E-state index contributed by atoms with van der Waals surface area (Å²) in [7, 11) is 0. The smallest absolute Gasteiger partial charge is 0.222 e. The summed E-state index contributed by atoms with van der Waals surface area (Å²) in [6.45, 7) is 1.70. The molecule has 1 fully saturated rings. The topological polar surface area (TPSA) is 20.3 Å². The van der Waals surface area contributed by atoms with Gasteiger partial charge < -0.3 is 4.90 Å². The average Bonchev–Trinajstić information content (AvgIpc) is 2.87. The van der Waals surface area contributed by atoms with Gasteiger partial charge in [-0.15, -0.1) is 0 Å². The van der Waals surface area contributed by atoms with E-state index in [9.17, 15) is 4.79 Å². The molecule has 0 aromatic heterocycles. The van der Waals surface area contributed by atoms with Crippen LogP contribution in [0.4, 0.5) is 0 Å². The number of carbonyl (C=O) groups is 1. The Kier molecular flexibility index (Phi) is 6.22. The van der Waals surface area contributed by atoms with Crippen LogP contribution in [0.3, 0.4) is 0 Å². The number of amides is 1. The van der Waals surface area contributed by atoms with Crippen molar-refractivity contribution in [2.24, 2.45) is 0 Å². The Morgan fingerprint density at radius 2 is 1.96 bits per heavy atom. The minimum absolute atomic E-state index is 0.254. The Hall–Kier alpha value is -1.45. The highest BCUT2D eigenvalue weighted by Crippen LogP contribution is 2.34. The van der Waals surface area contributed by atoms with Gasteiger partial charge in [-0.3, -0.25) is 4.79 Å². The fourth-order valence-corrected chi connectivity index (χ4v) is 4.50. The van der Waals surface area contributed by atoms with Crippen molar-refractivity contribution in [3.63, 3.8) is 0 Å². The maximum atomic E-state index is 12.5. The Morgan fingerprint density at radius 3 is 2.75 bits per heavy atom. The molecule has 1 heterocycles. The normalized spacial score (nSPS) is 18.2. The summed E-state index contributed by atoms with van der Waals surface area (Å²) in [6, 6.07) is 18.4. The van der Waals surface area contributed by atoms with Crippen LogP contribution in [0.1, 0.15) is 29.2 Å². The molecule has 4 heteroatoms. The molecular weight excluding hydrogens is 338 g/mol. The fraction of sp³-hybridized carbons (Fsp3) is 0.350. The average molecular weight is 360 g/mol. The van der Waals surface area contributed by atoms with Crippen LogP contribution in [0.15, 0.2) is 54.6 Å². The lowest BCUT2D eigenvalue weighted by Crippen LogP contribution is -2.33. The van der Waals surface area contributed by atoms with Gasteiger partial charge in [0.2, 0.25) is 5.91 Å². The van der Waals surface area contributed by atoms with Gasteiger partial charge in [0.15, 0.2) is 0 Å². The molecule has 1 unspecified atom stereocenters. The molecule has 0 radical (unpaired) electrons. The molecule has 1 amide bonds. The number of thioether (sulfide) groups is 1. The van der Waals surface area contributed by atoms with Crippen LogP contribution in [0.2, 0.25) is 5.02 Å². The van der Waals surface area contributed by atoms with Crippen LogP contribution in [-0.4, -0.2) is 29.6 Å². The monoisotopic (exact) mass is 359 g/mol. The van der Waals surface area contributed by atoms with Crippen LogP contribution < -0.4 is 0 Å². The molecule has 0 bridgehead atoms. The highest BCUT2D eigenvalue weighted by Gasteiger charge is 2.21. The van der Waals surface area contributed by atoms with Gasteiger partial charge in [0.05, 0.1) is 0 Å². The lowest BCUT2D eigenvalue weighted by Gasteiger charge is -2.20. The highest BCUT2D eigenvalue weighted by molar-refractivity contribution is 7.99. The Balaban J connectivity index is 1.53. The molecule has 1 aliphatic rings. The van der Waals surface area contributed by atoms with E-state index in [-0.39, 0.29) is 5.91 Å². The van der Waals surface area contributed by atoms with Gasteiger partial charge in [-0.25, -0.2) is 0 Å². The molecule has 0 N–H and O–H groups in total. The molecule has 0 saturated carbocycles. The van der Waals surface area contributed by atoms with E-state index >= 15 is 0 Å². The quantitative estimate of drug-likeness (QED) is 0.767. The fourth-order valence-electron chi connectivity index (χ4n) is 3.06. The summed E-state index contributed by atoms with van der Waals surface area (Å²) >= 11 is 7.97. The first kappa shape index (κ1) is 17.4. The molecule has 2 nitrogen and oxygen atoms in total. The molecule has 3 rings (SSSR count). The molecule has 126 valence electrons. The SMILES string of the molecule is O=C(CCc1cccc(Cl)c1)N1CCSC(c2ccccc2)CC1. The van der Waals surface area contributed by atoms with Crippen LogP contribution in [0.5, 0.6) is 0 Å². The number of benzene rings is 2.